The van der Waals surface area contributed by atoms with Gasteiger partial charge in [-0.15, -0.1) is 0 Å². The number of rotatable bonds is 7. The molecule has 0 bridgehead atoms. The van der Waals surface area contributed by atoms with Crippen LogP contribution in [0.1, 0.15) is 40.5 Å². The van der Waals surface area contributed by atoms with Gasteiger partial charge in [0.05, 0.1) is 6.10 Å². The Morgan fingerprint density at radius 2 is 1.79 bits per heavy atom. The van der Waals surface area contributed by atoms with Gasteiger partial charge in [0.1, 0.15) is 0 Å². The fourth-order valence-electron chi connectivity index (χ4n) is 1.23. The largest absolute Gasteiger partial charge is 0.390 e. The summed E-state index contributed by atoms with van der Waals surface area (Å²) >= 11 is 0. The molecule has 3 heteroatoms. The van der Waals surface area contributed by atoms with Crippen molar-refractivity contribution in [2.24, 2.45) is 0 Å². The molecule has 0 amide bonds. The minimum absolute atomic E-state index is 0.234. The van der Waals surface area contributed by atoms with E-state index in [2.05, 4.69) is 24.5 Å². The summed E-state index contributed by atoms with van der Waals surface area (Å²) in [7, 11) is 1.86. The van der Waals surface area contributed by atoms with Crippen molar-refractivity contribution in [3.05, 3.63) is 0 Å². The Bertz CT molecular complexity index is 99.3. The van der Waals surface area contributed by atoms with Gasteiger partial charge < -0.3 is 15.7 Å². The van der Waals surface area contributed by atoms with Crippen molar-refractivity contribution in [3.63, 3.8) is 0 Å². The average molecular weight is 204 g/mol. The van der Waals surface area contributed by atoms with Crippen LogP contribution in [0.25, 0.3) is 0 Å². The third-order valence-electron chi connectivity index (χ3n) is 1.97. The molecule has 0 heterocycles. The Balaban J connectivity index is 0. The fourth-order valence-corrected chi connectivity index (χ4v) is 1.23. The molecule has 14 heavy (non-hydrogen) atoms. The highest BCUT2D eigenvalue weighted by atomic mass is 16.3. The number of aliphatic hydroxyl groups is 1. The van der Waals surface area contributed by atoms with Crippen molar-refractivity contribution in [2.75, 3.05) is 20.1 Å². The summed E-state index contributed by atoms with van der Waals surface area (Å²) in [5.41, 5.74) is 0. The van der Waals surface area contributed by atoms with E-state index in [1.54, 1.807) is 0 Å². The van der Waals surface area contributed by atoms with Crippen LogP contribution in [0.2, 0.25) is 0 Å². The first-order valence-electron chi connectivity index (χ1n) is 5.82. The highest BCUT2D eigenvalue weighted by Crippen LogP contribution is 1.97. The summed E-state index contributed by atoms with van der Waals surface area (Å²) in [5.74, 6) is 0. The van der Waals surface area contributed by atoms with Crippen molar-refractivity contribution in [1.82, 2.24) is 10.6 Å². The molecule has 88 valence electrons. The first-order valence-corrected chi connectivity index (χ1v) is 5.82. The van der Waals surface area contributed by atoms with Gasteiger partial charge in [0, 0.05) is 12.6 Å². The molecule has 2 atom stereocenters. The van der Waals surface area contributed by atoms with E-state index >= 15 is 0 Å². The SMILES string of the molecule is CC.CCCNC(CC)C(O)CNC. The molecule has 3 nitrogen and oxygen atoms in total. The number of nitrogens with one attached hydrogen (secondary N) is 2. The van der Waals surface area contributed by atoms with E-state index in [4.69, 9.17) is 0 Å². The monoisotopic (exact) mass is 204 g/mol. The van der Waals surface area contributed by atoms with E-state index in [9.17, 15) is 5.11 Å². The van der Waals surface area contributed by atoms with E-state index in [0.29, 0.717) is 6.54 Å². The van der Waals surface area contributed by atoms with Crippen LogP contribution in [0.15, 0.2) is 0 Å². The summed E-state index contributed by atoms with van der Waals surface area (Å²) < 4.78 is 0. The topological polar surface area (TPSA) is 44.3 Å². The molecule has 0 saturated heterocycles. The summed E-state index contributed by atoms with van der Waals surface area (Å²) in [4.78, 5) is 0. The van der Waals surface area contributed by atoms with E-state index < -0.39 is 0 Å². The zero-order valence-corrected chi connectivity index (χ0v) is 10.4. The number of hydrogen-bond donors (Lipinski definition) is 3. The molecule has 0 radical (unpaired) electrons. The summed E-state index contributed by atoms with van der Waals surface area (Å²) in [6.45, 7) is 9.87. The van der Waals surface area contributed by atoms with Crippen molar-refractivity contribution in [1.29, 1.82) is 0 Å². The van der Waals surface area contributed by atoms with Gasteiger partial charge in [0.25, 0.3) is 0 Å². The van der Waals surface area contributed by atoms with Crippen LogP contribution in [0.3, 0.4) is 0 Å². The standard InChI is InChI=1S/C9H22N2O.C2H6/c1-4-6-11-8(5-2)9(12)7-10-3;1-2/h8-12H,4-7H2,1-3H3;1-2H3. The van der Waals surface area contributed by atoms with Crippen molar-refractivity contribution < 1.29 is 5.11 Å². The number of hydrogen-bond acceptors (Lipinski definition) is 3. The van der Waals surface area contributed by atoms with Crippen molar-refractivity contribution >= 4 is 0 Å². The molecular weight excluding hydrogens is 176 g/mol. The smallest absolute Gasteiger partial charge is 0.0817 e. The first kappa shape index (κ1) is 16.3. The molecule has 0 rings (SSSR count). The molecule has 0 aliphatic heterocycles. The van der Waals surface area contributed by atoms with Crippen LogP contribution >= 0.6 is 0 Å². The lowest BCUT2D eigenvalue weighted by Gasteiger charge is -2.22. The molecular formula is C11H28N2O. The Labute approximate surface area is 89.3 Å². The summed E-state index contributed by atoms with van der Waals surface area (Å²) in [5, 5.41) is 15.9. The highest BCUT2D eigenvalue weighted by Gasteiger charge is 2.14. The van der Waals surface area contributed by atoms with E-state index in [0.717, 1.165) is 19.4 Å². The normalized spacial score (nSPS) is 14.1. The molecule has 0 aromatic carbocycles. The predicted molar refractivity (Wildman–Crippen MR) is 63.7 cm³/mol. The van der Waals surface area contributed by atoms with Gasteiger partial charge >= 0.3 is 0 Å². The van der Waals surface area contributed by atoms with Gasteiger partial charge in [-0.05, 0) is 26.4 Å². The molecule has 0 aliphatic rings. The quantitative estimate of drug-likeness (QED) is 0.587. The molecule has 0 saturated carbocycles. The second-order valence-corrected chi connectivity index (χ2v) is 3.09. The first-order chi connectivity index (χ1) is 6.76. The molecule has 0 aliphatic carbocycles. The Hall–Kier alpha value is -0.120. The van der Waals surface area contributed by atoms with Crippen LogP contribution in [0, 0.1) is 0 Å². The molecule has 0 spiro atoms. The van der Waals surface area contributed by atoms with Crippen LogP contribution in [-0.2, 0) is 0 Å². The second kappa shape index (κ2) is 12.9. The predicted octanol–water partition coefficient (Wildman–Crippen LogP) is 1.37. The Morgan fingerprint density at radius 3 is 2.14 bits per heavy atom. The molecule has 3 N–H and O–H groups in total. The van der Waals surface area contributed by atoms with Crippen molar-refractivity contribution in [2.45, 2.75) is 52.7 Å². The number of aliphatic hydroxyl groups excluding tert-OH is 1. The minimum Gasteiger partial charge on any atom is -0.390 e. The van der Waals surface area contributed by atoms with Crippen LogP contribution < -0.4 is 10.6 Å². The second-order valence-electron chi connectivity index (χ2n) is 3.09. The van der Waals surface area contributed by atoms with Gasteiger partial charge in [0.15, 0.2) is 0 Å². The molecule has 0 fully saturated rings. The van der Waals surface area contributed by atoms with Gasteiger partial charge in [-0.3, -0.25) is 0 Å². The zero-order valence-electron chi connectivity index (χ0n) is 10.4. The molecule has 2 unspecified atom stereocenters. The highest BCUT2D eigenvalue weighted by molar-refractivity contribution is 4.75. The van der Waals surface area contributed by atoms with E-state index in [1.165, 1.54) is 0 Å². The lowest BCUT2D eigenvalue weighted by molar-refractivity contribution is 0.125. The molecule has 0 aromatic heterocycles. The third-order valence-corrected chi connectivity index (χ3v) is 1.97. The minimum atomic E-state index is -0.272. The average Bonchev–Trinajstić information content (AvgIpc) is 2.22. The van der Waals surface area contributed by atoms with Gasteiger partial charge in [0.2, 0.25) is 0 Å². The summed E-state index contributed by atoms with van der Waals surface area (Å²) in [6.07, 6.45) is 1.82. The maximum atomic E-state index is 9.61. The van der Waals surface area contributed by atoms with Crippen LogP contribution in [0.5, 0.6) is 0 Å². The fraction of sp³-hybridized carbons (Fsp3) is 1.00. The number of likely N-dealkylation sites (N-methyl/N-ethyl adjacent to an activating group) is 1. The lowest BCUT2D eigenvalue weighted by Crippen LogP contribution is -2.44. The van der Waals surface area contributed by atoms with E-state index in [-0.39, 0.29) is 12.1 Å². The van der Waals surface area contributed by atoms with Gasteiger partial charge in [-0.25, -0.2) is 0 Å². The third kappa shape index (κ3) is 8.48. The Kier molecular flexibility index (Phi) is 15.0. The summed E-state index contributed by atoms with van der Waals surface area (Å²) in [6, 6.07) is 0.234. The maximum absolute atomic E-state index is 9.61. The zero-order chi connectivity index (χ0) is 11.4. The van der Waals surface area contributed by atoms with Crippen LogP contribution in [0.4, 0.5) is 0 Å². The molecule has 0 aromatic rings. The Morgan fingerprint density at radius 1 is 1.21 bits per heavy atom. The van der Waals surface area contributed by atoms with Crippen molar-refractivity contribution in [3.8, 4) is 0 Å². The van der Waals surface area contributed by atoms with E-state index in [1.807, 2.05) is 20.9 Å². The maximum Gasteiger partial charge on any atom is 0.0817 e. The lowest BCUT2D eigenvalue weighted by atomic mass is 10.1. The van der Waals surface area contributed by atoms with Crippen LogP contribution in [-0.4, -0.2) is 37.4 Å². The van der Waals surface area contributed by atoms with Gasteiger partial charge in [-0.2, -0.15) is 0 Å². The van der Waals surface area contributed by atoms with Gasteiger partial charge in [-0.1, -0.05) is 27.7 Å².